The SMILES string of the molecule is [B]C1(F)CCCO1. The summed E-state index contributed by atoms with van der Waals surface area (Å²) in [5.41, 5.74) is 0. The molecule has 1 aliphatic rings. The van der Waals surface area contributed by atoms with E-state index >= 15 is 0 Å². The Morgan fingerprint density at radius 2 is 2.43 bits per heavy atom. The van der Waals surface area contributed by atoms with Crippen LogP contribution in [0.15, 0.2) is 0 Å². The minimum absolute atomic E-state index is 0.340. The number of alkyl halides is 1. The van der Waals surface area contributed by atoms with Gasteiger partial charge in [-0.15, -0.1) is 0 Å². The summed E-state index contributed by atoms with van der Waals surface area (Å²) in [5.74, 6) is -1.81. The molecule has 1 saturated heterocycles. The van der Waals surface area contributed by atoms with Gasteiger partial charge < -0.3 is 4.74 Å². The lowest BCUT2D eigenvalue weighted by molar-refractivity contribution is -0.0320. The molecule has 3 heteroatoms. The van der Waals surface area contributed by atoms with Crippen LogP contribution in [0.25, 0.3) is 0 Å². The van der Waals surface area contributed by atoms with Gasteiger partial charge in [-0.1, -0.05) is 0 Å². The molecule has 1 rings (SSSR count). The molecule has 0 aromatic heterocycles. The third-order valence-electron chi connectivity index (χ3n) is 1.00. The van der Waals surface area contributed by atoms with Crippen molar-refractivity contribution < 1.29 is 9.13 Å². The van der Waals surface area contributed by atoms with Gasteiger partial charge in [-0.25, -0.2) is 4.39 Å². The molecule has 0 spiro atoms. The van der Waals surface area contributed by atoms with Crippen molar-refractivity contribution >= 4 is 7.85 Å². The summed E-state index contributed by atoms with van der Waals surface area (Å²) in [5, 5.41) is 0. The molecule has 0 bridgehead atoms. The maximum Gasteiger partial charge on any atom is 0.161 e. The van der Waals surface area contributed by atoms with E-state index in [9.17, 15) is 4.39 Å². The van der Waals surface area contributed by atoms with Crippen LogP contribution in [0.2, 0.25) is 0 Å². The molecule has 38 valence electrons. The molecule has 0 amide bonds. The summed E-state index contributed by atoms with van der Waals surface area (Å²) in [6.07, 6.45) is 1.08. The zero-order valence-electron chi connectivity index (χ0n) is 3.98. The van der Waals surface area contributed by atoms with Crippen molar-refractivity contribution in [2.75, 3.05) is 6.61 Å². The molecular formula is C4H6BFO. The second kappa shape index (κ2) is 1.48. The molecule has 1 nitrogen and oxygen atoms in total. The van der Waals surface area contributed by atoms with Crippen LogP contribution in [0.1, 0.15) is 12.8 Å². The second-order valence-corrected chi connectivity index (χ2v) is 1.74. The van der Waals surface area contributed by atoms with Crippen molar-refractivity contribution in [2.24, 2.45) is 0 Å². The Kier molecular flexibility index (Phi) is 1.07. The van der Waals surface area contributed by atoms with Gasteiger partial charge in [-0.05, 0) is 12.8 Å². The Balaban J connectivity index is 2.40. The molecular weight excluding hydrogens is 93.9 g/mol. The summed E-state index contributed by atoms with van der Waals surface area (Å²) in [6.45, 7) is 0.465. The van der Waals surface area contributed by atoms with Crippen LogP contribution >= 0.6 is 0 Å². The van der Waals surface area contributed by atoms with E-state index in [2.05, 4.69) is 4.74 Å². The third-order valence-corrected chi connectivity index (χ3v) is 1.00. The Labute approximate surface area is 43.3 Å². The fourth-order valence-corrected chi connectivity index (χ4v) is 0.627. The highest BCUT2D eigenvalue weighted by atomic mass is 19.2. The van der Waals surface area contributed by atoms with Gasteiger partial charge in [-0.2, -0.15) is 0 Å². The summed E-state index contributed by atoms with van der Waals surface area (Å²) in [6, 6.07) is 0. The quantitative estimate of drug-likeness (QED) is 0.404. The summed E-state index contributed by atoms with van der Waals surface area (Å²) < 4.78 is 16.6. The maximum absolute atomic E-state index is 12.2. The fourth-order valence-electron chi connectivity index (χ4n) is 0.627. The van der Waals surface area contributed by atoms with Gasteiger partial charge in [0, 0.05) is 6.61 Å². The van der Waals surface area contributed by atoms with Gasteiger partial charge in [-0.3, -0.25) is 0 Å². The van der Waals surface area contributed by atoms with Crippen molar-refractivity contribution in [3.63, 3.8) is 0 Å². The normalized spacial score (nSPS) is 41.9. The number of hydrogen-bond donors (Lipinski definition) is 0. The van der Waals surface area contributed by atoms with Crippen molar-refractivity contribution in [3.8, 4) is 0 Å². The first-order valence-electron chi connectivity index (χ1n) is 2.32. The van der Waals surface area contributed by atoms with Crippen molar-refractivity contribution in [1.29, 1.82) is 0 Å². The number of hydrogen-bond acceptors (Lipinski definition) is 1. The van der Waals surface area contributed by atoms with Crippen LogP contribution in [0.4, 0.5) is 4.39 Å². The van der Waals surface area contributed by atoms with E-state index in [1.807, 2.05) is 0 Å². The lowest BCUT2D eigenvalue weighted by Gasteiger charge is -2.09. The highest BCUT2D eigenvalue weighted by Crippen LogP contribution is 2.22. The van der Waals surface area contributed by atoms with Crippen molar-refractivity contribution in [1.82, 2.24) is 0 Å². The third kappa shape index (κ3) is 1.16. The van der Waals surface area contributed by atoms with Crippen LogP contribution < -0.4 is 0 Å². The van der Waals surface area contributed by atoms with E-state index < -0.39 is 5.75 Å². The predicted molar refractivity (Wildman–Crippen MR) is 24.8 cm³/mol. The predicted octanol–water partition coefficient (Wildman–Crippen LogP) is 0.589. The Bertz CT molecular complexity index is 66.1. The van der Waals surface area contributed by atoms with Crippen LogP contribution in [-0.2, 0) is 4.74 Å². The second-order valence-electron chi connectivity index (χ2n) is 1.74. The first-order valence-corrected chi connectivity index (χ1v) is 2.32. The first-order chi connectivity index (χ1) is 3.21. The molecule has 1 atom stereocenters. The minimum atomic E-state index is -1.81. The van der Waals surface area contributed by atoms with E-state index in [0.29, 0.717) is 13.0 Å². The standard InChI is InChI=1S/C4H6BFO/c5-4(6)2-1-3-7-4/h1-3H2. The molecule has 1 aliphatic heterocycles. The zero-order valence-corrected chi connectivity index (χ0v) is 3.98. The average molecular weight is 99.9 g/mol. The van der Waals surface area contributed by atoms with Crippen LogP contribution in [0.5, 0.6) is 0 Å². The van der Waals surface area contributed by atoms with Gasteiger partial charge in [0.1, 0.15) is 0 Å². The van der Waals surface area contributed by atoms with Gasteiger partial charge in [0.05, 0.1) is 0 Å². The molecule has 0 saturated carbocycles. The van der Waals surface area contributed by atoms with Gasteiger partial charge in [0.2, 0.25) is 0 Å². The average Bonchev–Trinajstić information content (AvgIpc) is 1.84. The molecule has 1 heterocycles. The Hall–Kier alpha value is -0.0451. The Morgan fingerprint density at radius 3 is 2.57 bits per heavy atom. The zero-order chi connectivity index (χ0) is 5.33. The lowest BCUT2D eigenvalue weighted by atomic mass is 9.94. The molecule has 1 fully saturated rings. The van der Waals surface area contributed by atoms with E-state index in [-0.39, 0.29) is 0 Å². The van der Waals surface area contributed by atoms with E-state index in [1.165, 1.54) is 0 Å². The Morgan fingerprint density at radius 1 is 1.71 bits per heavy atom. The molecule has 0 aliphatic carbocycles. The molecule has 7 heavy (non-hydrogen) atoms. The number of halogens is 1. The molecule has 2 radical (unpaired) electrons. The summed E-state index contributed by atoms with van der Waals surface area (Å²) >= 11 is 0. The van der Waals surface area contributed by atoms with Crippen LogP contribution in [0.3, 0.4) is 0 Å². The molecule has 0 N–H and O–H groups in total. The first kappa shape index (κ1) is 5.10. The van der Waals surface area contributed by atoms with Crippen LogP contribution in [0, 0.1) is 0 Å². The topological polar surface area (TPSA) is 9.23 Å². The fraction of sp³-hybridized carbons (Fsp3) is 1.00. The molecule has 0 aromatic carbocycles. The highest BCUT2D eigenvalue weighted by Gasteiger charge is 2.27. The van der Waals surface area contributed by atoms with E-state index in [0.717, 1.165) is 6.42 Å². The summed E-state index contributed by atoms with van der Waals surface area (Å²) in [7, 11) is 4.89. The number of ether oxygens (including phenoxy) is 1. The summed E-state index contributed by atoms with van der Waals surface area (Å²) in [4.78, 5) is 0. The highest BCUT2D eigenvalue weighted by molar-refractivity contribution is 6.13. The largest absolute Gasteiger partial charge is 0.355 e. The number of rotatable bonds is 0. The monoisotopic (exact) mass is 100 g/mol. The minimum Gasteiger partial charge on any atom is -0.355 e. The van der Waals surface area contributed by atoms with Gasteiger partial charge in [0.25, 0.3) is 0 Å². The van der Waals surface area contributed by atoms with Crippen molar-refractivity contribution in [2.45, 2.75) is 18.6 Å². The smallest absolute Gasteiger partial charge is 0.161 e. The van der Waals surface area contributed by atoms with Gasteiger partial charge >= 0.3 is 0 Å². The van der Waals surface area contributed by atoms with Crippen molar-refractivity contribution in [3.05, 3.63) is 0 Å². The molecule has 1 unspecified atom stereocenters. The van der Waals surface area contributed by atoms with E-state index in [4.69, 9.17) is 7.85 Å². The lowest BCUT2D eigenvalue weighted by Crippen LogP contribution is -2.19. The van der Waals surface area contributed by atoms with E-state index in [1.54, 1.807) is 0 Å². The molecule has 0 aromatic rings. The maximum atomic E-state index is 12.2. The van der Waals surface area contributed by atoms with Crippen LogP contribution in [-0.4, -0.2) is 20.2 Å². The van der Waals surface area contributed by atoms with Gasteiger partial charge in [0.15, 0.2) is 13.6 Å².